The topological polar surface area (TPSA) is 89.9 Å². The first-order valence-electron chi connectivity index (χ1n) is 7.71. The minimum Gasteiger partial charge on any atom is -0.497 e. The van der Waals surface area contributed by atoms with Crippen LogP contribution in [0.15, 0.2) is 42.1 Å². The van der Waals surface area contributed by atoms with E-state index in [1.807, 2.05) is 0 Å². The zero-order valence-electron chi connectivity index (χ0n) is 14.5. The Morgan fingerprint density at radius 3 is 2.46 bits per heavy atom. The van der Waals surface area contributed by atoms with Gasteiger partial charge in [0.1, 0.15) is 17.1 Å². The first kappa shape index (κ1) is 17.3. The molecule has 1 aromatic carbocycles. The van der Waals surface area contributed by atoms with Crippen LogP contribution < -0.4 is 19.7 Å². The number of carbonyl (C=O) groups is 3. The number of nitrogens with zero attached hydrogens (tertiary/aromatic N) is 2. The number of barbiturate groups is 1. The lowest BCUT2D eigenvalue weighted by Crippen LogP contribution is -2.54. The fraction of sp³-hybridized carbons (Fsp3) is 0.167. The average Bonchev–Trinajstić information content (AvgIpc) is 3.03. The molecule has 0 unspecified atom stereocenters. The molecular formula is C18H17N3O5. The van der Waals surface area contributed by atoms with E-state index in [2.05, 4.69) is 5.32 Å². The van der Waals surface area contributed by atoms with Crippen molar-refractivity contribution in [3.05, 3.63) is 47.8 Å². The Kier molecular flexibility index (Phi) is 4.49. The van der Waals surface area contributed by atoms with Gasteiger partial charge in [0.15, 0.2) is 0 Å². The molecule has 2 heterocycles. The van der Waals surface area contributed by atoms with E-state index in [4.69, 9.17) is 9.47 Å². The maximum absolute atomic E-state index is 12.9. The molecule has 8 heteroatoms. The SMILES string of the molecule is COc1ccc(OC)c(N2C(=O)NC(=O)/C(=C/c3cccn3C)C2=O)c1. The van der Waals surface area contributed by atoms with Crippen LogP contribution in [0.5, 0.6) is 11.5 Å². The molecule has 1 N–H and O–H groups in total. The lowest BCUT2D eigenvalue weighted by Gasteiger charge is -2.27. The Labute approximate surface area is 149 Å². The Morgan fingerprint density at radius 1 is 1.08 bits per heavy atom. The van der Waals surface area contributed by atoms with E-state index in [1.54, 1.807) is 42.1 Å². The van der Waals surface area contributed by atoms with Crippen LogP contribution in [0.2, 0.25) is 0 Å². The van der Waals surface area contributed by atoms with Gasteiger partial charge >= 0.3 is 6.03 Å². The van der Waals surface area contributed by atoms with Gasteiger partial charge in [0.25, 0.3) is 11.8 Å². The summed E-state index contributed by atoms with van der Waals surface area (Å²) in [6.45, 7) is 0. The summed E-state index contributed by atoms with van der Waals surface area (Å²) < 4.78 is 12.1. The van der Waals surface area contributed by atoms with Crippen molar-refractivity contribution in [3.63, 3.8) is 0 Å². The molecule has 0 spiro atoms. The Morgan fingerprint density at radius 2 is 1.85 bits per heavy atom. The number of aryl methyl sites for hydroxylation is 1. The summed E-state index contributed by atoms with van der Waals surface area (Å²) in [5.74, 6) is -0.765. The number of hydrogen-bond donors (Lipinski definition) is 1. The van der Waals surface area contributed by atoms with Gasteiger partial charge in [-0.05, 0) is 30.3 Å². The third kappa shape index (κ3) is 2.92. The average molecular weight is 355 g/mol. The quantitative estimate of drug-likeness (QED) is 0.666. The van der Waals surface area contributed by atoms with Crippen LogP contribution in [0.4, 0.5) is 10.5 Å². The second kappa shape index (κ2) is 6.75. The highest BCUT2D eigenvalue weighted by Crippen LogP contribution is 2.34. The number of benzene rings is 1. The molecule has 8 nitrogen and oxygen atoms in total. The van der Waals surface area contributed by atoms with Gasteiger partial charge < -0.3 is 14.0 Å². The molecular weight excluding hydrogens is 338 g/mol. The van der Waals surface area contributed by atoms with Crippen molar-refractivity contribution in [2.24, 2.45) is 7.05 Å². The van der Waals surface area contributed by atoms with Gasteiger partial charge in [-0.3, -0.25) is 14.9 Å². The van der Waals surface area contributed by atoms with Crippen LogP contribution in [0.3, 0.4) is 0 Å². The van der Waals surface area contributed by atoms with Gasteiger partial charge in [0.2, 0.25) is 0 Å². The molecule has 2 aromatic rings. The van der Waals surface area contributed by atoms with Crippen molar-refractivity contribution in [1.29, 1.82) is 0 Å². The number of amides is 4. The van der Waals surface area contributed by atoms with E-state index in [0.29, 0.717) is 17.2 Å². The molecule has 0 bridgehead atoms. The second-order valence-corrected chi connectivity index (χ2v) is 5.54. The Balaban J connectivity index is 2.09. The van der Waals surface area contributed by atoms with Crippen LogP contribution >= 0.6 is 0 Å². The van der Waals surface area contributed by atoms with Crippen LogP contribution in [-0.2, 0) is 16.6 Å². The smallest absolute Gasteiger partial charge is 0.336 e. The monoisotopic (exact) mass is 355 g/mol. The molecule has 1 aliphatic heterocycles. The van der Waals surface area contributed by atoms with Gasteiger partial charge in [-0.2, -0.15) is 0 Å². The maximum Gasteiger partial charge on any atom is 0.336 e. The Hall–Kier alpha value is -3.55. The minimum atomic E-state index is -0.851. The molecule has 3 rings (SSSR count). The summed E-state index contributed by atoms with van der Waals surface area (Å²) in [7, 11) is 4.67. The third-order valence-corrected chi connectivity index (χ3v) is 4.00. The number of nitrogens with one attached hydrogen (secondary N) is 1. The predicted molar refractivity (Wildman–Crippen MR) is 94.0 cm³/mol. The standard InChI is InChI=1S/C18H17N3O5/c1-20-8-4-5-11(20)9-13-16(22)19-18(24)21(17(13)23)14-10-12(25-2)6-7-15(14)26-3/h4-10H,1-3H3,(H,19,22,24)/b13-9-. The summed E-state index contributed by atoms with van der Waals surface area (Å²) in [5, 5.41) is 2.18. The van der Waals surface area contributed by atoms with E-state index in [9.17, 15) is 14.4 Å². The maximum atomic E-state index is 12.9. The second-order valence-electron chi connectivity index (χ2n) is 5.54. The third-order valence-electron chi connectivity index (χ3n) is 4.00. The van der Waals surface area contributed by atoms with Gasteiger partial charge in [0, 0.05) is 25.0 Å². The van der Waals surface area contributed by atoms with Gasteiger partial charge in [-0.15, -0.1) is 0 Å². The first-order chi connectivity index (χ1) is 12.5. The number of ether oxygens (including phenoxy) is 2. The molecule has 4 amide bonds. The fourth-order valence-electron chi connectivity index (χ4n) is 2.62. The number of imide groups is 2. The molecule has 1 fully saturated rings. The first-order valence-corrected chi connectivity index (χ1v) is 7.71. The molecule has 0 aliphatic carbocycles. The van der Waals surface area contributed by atoms with Crippen LogP contribution in [0.25, 0.3) is 6.08 Å². The number of anilines is 1. The fourth-order valence-corrected chi connectivity index (χ4v) is 2.62. The largest absolute Gasteiger partial charge is 0.497 e. The van der Waals surface area contributed by atoms with Crippen LogP contribution in [0, 0.1) is 0 Å². The molecule has 0 atom stereocenters. The minimum absolute atomic E-state index is 0.156. The van der Waals surface area contributed by atoms with Gasteiger partial charge in [0.05, 0.1) is 19.9 Å². The van der Waals surface area contributed by atoms with E-state index in [-0.39, 0.29) is 11.3 Å². The highest BCUT2D eigenvalue weighted by atomic mass is 16.5. The van der Waals surface area contributed by atoms with Crippen molar-refractivity contribution in [3.8, 4) is 11.5 Å². The number of carbonyl (C=O) groups excluding carboxylic acids is 3. The molecule has 1 saturated heterocycles. The van der Waals surface area contributed by atoms with E-state index in [1.165, 1.54) is 26.4 Å². The summed E-state index contributed by atoms with van der Waals surface area (Å²) in [4.78, 5) is 38.3. The van der Waals surface area contributed by atoms with E-state index in [0.717, 1.165) is 4.90 Å². The van der Waals surface area contributed by atoms with Crippen LogP contribution in [0.1, 0.15) is 5.69 Å². The van der Waals surface area contributed by atoms with Crippen molar-refractivity contribution in [1.82, 2.24) is 9.88 Å². The highest BCUT2D eigenvalue weighted by molar-refractivity contribution is 6.39. The summed E-state index contributed by atoms with van der Waals surface area (Å²) in [5.41, 5.74) is 0.673. The Bertz CT molecular complexity index is 929. The number of aromatic nitrogens is 1. The molecule has 0 saturated carbocycles. The molecule has 1 aromatic heterocycles. The van der Waals surface area contributed by atoms with Crippen molar-refractivity contribution in [2.45, 2.75) is 0 Å². The number of urea groups is 1. The molecule has 0 radical (unpaired) electrons. The predicted octanol–water partition coefficient (Wildman–Crippen LogP) is 1.71. The lowest BCUT2D eigenvalue weighted by atomic mass is 10.1. The van der Waals surface area contributed by atoms with Crippen molar-refractivity contribution >= 4 is 29.6 Å². The van der Waals surface area contributed by atoms with E-state index < -0.39 is 17.8 Å². The number of methoxy groups -OCH3 is 2. The molecule has 134 valence electrons. The lowest BCUT2D eigenvalue weighted by molar-refractivity contribution is -0.122. The number of rotatable bonds is 4. The molecule has 26 heavy (non-hydrogen) atoms. The zero-order chi connectivity index (χ0) is 18.8. The zero-order valence-corrected chi connectivity index (χ0v) is 14.5. The van der Waals surface area contributed by atoms with Crippen LogP contribution in [-0.4, -0.2) is 36.6 Å². The van der Waals surface area contributed by atoms with Crippen molar-refractivity contribution in [2.75, 3.05) is 19.1 Å². The number of hydrogen-bond acceptors (Lipinski definition) is 5. The summed E-state index contributed by atoms with van der Waals surface area (Å²) in [6, 6.07) is 7.39. The summed E-state index contributed by atoms with van der Waals surface area (Å²) in [6.07, 6.45) is 3.22. The van der Waals surface area contributed by atoms with Gasteiger partial charge in [-0.1, -0.05) is 0 Å². The van der Waals surface area contributed by atoms with Gasteiger partial charge in [-0.25, -0.2) is 9.69 Å². The van der Waals surface area contributed by atoms with Crippen molar-refractivity contribution < 1.29 is 23.9 Å². The summed E-state index contributed by atoms with van der Waals surface area (Å²) >= 11 is 0. The highest BCUT2D eigenvalue weighted by Gasteiger charge is 2.38. The normalized spacial score (nSPS) is 16.0. The van der Waals surface area contributed by atoms with E-state index >= 15 is 0 Å². The molecule has 1 aliphatic rings.